The Balaban J connectivity index is 2.78. The van der Waals surface area contributed by atoms with Crippen molar-refractivity contribution in [3.8, 4) is 0 Å². The fourth-order valence-electron chi connectivity index (χ4n) is 2.96. The van der Waals surface area contributed by atoms with E-state index in [2.05, 4.69) is 0 Å². The van der Waals surface area contributed by atoms with Crippen molar-refractivity contribution in [1.82, 2.24) is 4.90 Å². The SMILES string of the molecule is CC([N+](=O)[O-])C1(CCOS(C)(=O)=O)CCN(C(=O)OC(C)(C)C)CC1. The number of likely N-dealkylation sites (tertiary alicyclic amines) is 1. The molecule has 1 atom stereocenters. The van der Waals surface area contributed by atoms with E-state index >= 15 is 0 Å². The zero-order chi connectivity index (χ0) is 19.5. The number of piperidine rings is 1. The summed E-state index contributed by atoms with van der Waals surface area (Å²) in [5, 5.41) is 11.3. The molecule has 0 bridgehead atoms. The molecule has 0 radical (unpaired) electrons. The van der Waals surface area contributed by atoms with Crippen LogP contribution in [0.3, 0.4) is 0 Å². The minimum absolute atomic E-state index is 0.108. The van der Waals surface area contributed by atoms with Crippen LogP contribution in [0, 0.1) is 15.5 Å². The summed E-state index contributed by atoms with van der Waals surface area (Å²) in [6.07, 6.45) is 1.53. The Morgan fingerprint density at radius 1 is 1.32 bits per heavy atom. The van der Waals surface area contributed by atoms with Crippen LogP contribution < -0.4 is 0 Å². The van der Waals surface area contributed by atoms with Gasteiger partial charge in [0, 0.05) is 30.4 Å². The van der Waals surface area contributed by atoms with Gasteiger partial charge in [-0.15, -0.1) is 0 Å². The minimum Gasteiger partial charge on any atom is -0.444 e. The van der Waals surface area contributed by atoms with Gasteiger partial charge < -0.3 is 9.64 Å². The lowest BCUT2D eigenvalue weighted by atomic mass is 9.71. The summed E-state index contributed by atoms with van der Waals surface area (Å²) in [4.78, 5) is 24.6. The largest absolute Gasteiger partial charge is 0.444 e. The Labute approximate surface area is 148 Å². The van der Waals surface area contributed by atoms with Crippen LogP contribution in [0.25, 0.3) is 0 Å². The van der Waals surface area contributed by atoms with Crippen LogP contribution in [-0.2, 0) is 19.0 Å². The maximum Gasteiger partial charge on any atom is 0.410 e. The second-order valence-corrected chi connectivity index (χ2v) is 9.21. The van der Waals surface area contributed by atoms with E-state index in [1.54, 1.807) is 20.8 Å². The highest BCUT2D eigenvalue weighted by Gasteiger charge is 2.46. The van der Waals surface area contributed by atoms with E-state index in [0.29, 0.717) is 25.9 Å². The Hall–Kier alpha value is -1.42. The third kappa shape index (κ3) is 6.77. The summed E-state index contributed by atoms with van der Waals surface area (Å²) in [5.41, 5.74) is -1.32. The van der Waals surface area contributed by atoms with Gasteiger partial charge in [0.1, 0.15) is 5.60 Å². The average Bonchev–Trinajstić information content (AvgIpc) is 2.43. The molecule has 1 amide bonds. The zero-order valence-electron chi connectivity index (χ0n) is 15.5. The Bertz CT molecular complexity index is 589. The lowest BCUT2D eigenvalue weighted by Gasteiger charge is -2.42. The third-order valence-electron chi connectivity index (χ3n) is 4.51. The van der Waals surface area contributed by atoms with Crippen molar-refractivity contribution in [3.05, 3.63) is 10.1 Å². The second-order valence-electron chi connectivity index (χ2n) is 7.57. The van der Waals surface area contributed by atoms with Crippen LogP contribution in [0.5, 0.6) is 0 Å². The first kappa shape index (κ1) is 21.6. The number of nitrogens with zero attached hydrogens (tertiary/aromatic N) is 2. The molecule has 1 heterocycles. The van der Waals surface area contributed by atoms with E-state index < -0.39 is 33.3 Å². The van der Waals surface area contributed by atoms with Gasteiger partial charge >= 0.3 is 6.09 Å². The van der Waals surface area contributed by atoms with Crippen molar-refractivity contribution in [2.45, 2.75) is 58.6 Å². The first-order chi connectivity index (χ1) is 11.3. The molecule has 0 aliphatic carbocycles. The molecule has 1 aliphatic heterocycles. The van der Waals surface area contributed by atoms with Crippen molar-refractivity contribution in [1.29, 1.82) is 0 Å². The van der Waals surface area contributed by atoms with Crippen LogP contribution >= 0.6 is 0 Å². The number of ether oxygens (including phenoxy) is 1. The van der Waals surface area contributed by atoms with E-state index in [0.717, 1.165) is 6.26 Å². The van der Waals surface area contributed by atoms with Gasteiger partial charge in [0.25, 0.3) is 10.1 Å². The molecule has 1 fully saturated rings. The second kappa shape index (κ2) is 7.86. The monoisotopic (exact) mass is 380 g/mol. The molecule has 0 aromatic heterocycles. The number of rotatable bonds is 6. The standard InChI is InChI=1S/C15H28N2O7S/c1-12(17(19)20)15(8-11-23-25(5,21)22)6-9-16(10-7-15)13(18)24-14(2,3)4/h12H,6-11H2,1-5H3. The van der Waals surface area contributed by atoms with Gasteiger partial charge in [0.2, 0.25) is 6.04 Å². The predicted molar refractivity (Wildman–Crippen MR) is 91.3 cm³/mol. The smallest absolute Gasteiger partial charge is 0.410 e. The molecular weight excluding hydrogens is 352 g/mol. The number of hydrogen-bond donors (Lipinski definition) is 0. The zero-order valence-corrected chi connectivity index (χ0v) is 16.3. The fourth-order valence-corrected chi connectivity index (χ4v) is 3.34. The summed E-state index contributed by atoms with van der Waals surface area (Å²) in [6.45, 7) is 7.38. The Morgan fingerprint density at radius 2 is 1.84 bits per heavy atom. The molecule has 0 aromatic carbocycles. The topological polar surface area (TPSA) is 116 Å². The van der Waals surface area contributed by atoms with Gasteiger partial charge in [-0.05, 0) is 40.0 Å². The molecule has 10 heteroatoms. The molecule has 1 saturated heterocycles. The summed E-state index contributed by atoms with van der Waals surface area (Å²) < 4.78 is 32.4. The molecular formula is C15H28N2O7S. The maximum atomic E-state index is 12.1. The third-order valence-corrected chi connectivity index (χ3v) is 5.11. The quantitative estimate of drug-likeness (QED) is 0.393. The summed E-state index contributed by atoms with van der Waals surface area (Å²) in [5.74, 6) is 0. The molecule has 1 unspecified atom stereocenters. The normalized spacial score (nSPS) is 19.3. The molecule has 0 aromatic rings. The first-order valence-corrected chi connectivity index (χ1v) is 10.0. The van der Waals surface area contributed by atoms with Crippen LogP contribution in [-0.4, -0.2) is 61.9 Å². The summed E-state index contributed by atoms with van der Waals surface area (Å²) in [6, 6.07) is -0.864. The number of carbonyl (C=O) groups is 1. The highest BCUT2D eigenvalue weighted by molar-refractivity contribution is 7.85. The van der Waals surface area contributed by atoms with Gasteiger partial charge in [-0.1, -0.05) is 0 Å². The molecule has 0 N–H and O–H groups in total. The van der Waals surface area contributed by atoms with Crippen LogP contribution in [0.2, 0.25) is 0 Å². The Kier molecular flexibility index (Phi) is 6.80. The van der Waals surface area contributed by atoms with Crippen molar-refractivity contribution >= 4 is 16.2 Å². The highest BCUT2D eigenvalue weighted by atomic mass is 32.2. The number of amides is 1. The van der Waals surface area contributed by atoms with Gasteiger partial charge in [0.15, 0.2) is 0 Å². The van der Waals surface area contributed by atoms with Crippen LogP contribution in [0.15, 0.2) is 0 Å². The number of carbonyl (C=O) groups excluding carboxylic acids is 1. The highest BCUT2D eigenvalue weighted by Crippen LogP contribution is 2.40. The first-order valence-electron chi connectivity index (χ1n) is 8.22. The van der Waals surface area contributed by atoms with E-state index in [9.17, 15) is 23.3 Å². The van der Waals surface area contributed by atoms with Gasteiger partial charge in [0.05, 0.1) is 12.9 Å². The van der Waals surface area contributed by atoms with Gasteiger partial charge in [-0.25, -0.2) is 4.79 Å². The van der Waals surface area contributed by atoms with E-state index in [1.807, 2.05) is 0 Å². The summed E-state index contributed by atoms with van der Waals surface area (Å²) >= 11 is 0. The van der Waals surface area contributed by atoms with Crippen LogP contribution in [0.4, 0.5) is 4.79 Å². The van der Waals surface area contributed by atoms with Crippen molar-refractivity contribution in [2.75, 3.05) is 26.0 Å². The van der Waals surface area contributed by atoms with Gasteiger partial charge in [-0.2, -0.15) is 8.42 Å². The maximum absolute atomic E-state index is 12.1. The van der Waals surface area contributed by atoms with Crippen LogP contribution in [0.1, 0.15) is 47.0 Å². The molecule has 1 rings (SSSR count). The van der Waals surface area contributed by atoms with Gasteiger partial charge in [-0.3, -0.25) is 14.3 Å². The molecule has 25 heavy (non-hydrogen) atoms. The van der Waals surface area contributed by atoms with E-state index in [4.69, 9.17) is 8.92 Å². The molecule has 0 spiro atoms. The molecule has 9 nitrogen and oxygen atoms in total. The average molecular weight is 380 g/mol. The van der Waals surface area contributed by atoms with Crippen molar-refractivity contribution in [3.63, 3.8) is 0 Å². The van der Waals surface area contributed by atoms with Crippen molar-refractivity contribution < 1.29 is 27.1 Å². The minimum atomic E-state index is -3.60. The van der Waals surface area contributed by atoms with E-state index in [-0.39, 0.29) is 18.0 Å². The summed E-state index contributed by atoms with van der Waals surface area (Å²) in [7, 11) is -3.60. The lowest BCUT2D eigenvalue weighted by Crippen LogP contribution is -2.50. The number of hydrogen-bond acceptors (Lipinski definition) is 7. The Morgan fingerprint density at radius 3 is 2.24 bits per heavy atom. The molecule has 146 valence electrons. The number of nitro groups is 1. The lowest BCUT2D eigenvalue weighted by molar-refractivity contribution is -0.540. The molecule has 1 aliphatic rings. The van der Waals surface area contributed by atoms with Crippen molar-refractivity contribution in [2.24, 2.45) is 5.41 Å². The molecule has 0 saturated carbocycles. The predicted octanol–water partition coefficient (Wildman–Crippen LogP) is 2.04. The fraction of sp³-hybridized carbons (Fsp3) is 0.933. The van der Waals surface area contributed by atoms with E-state index in [1.165, 1.54) is 11.8 Å².